The van der Waals surface area contributed by atoms with E-state index in [1.165, 1.54) is 10.8 Å². The summed E-state index contributed by atoms with van der Waals surface area (Å²) in [5, 5.41) is 5.32. The summed E-state index contributed by atoms with van der Waals surface area (Å²) in [5.74, 6) is 1.04. The smallest absolute Gasteiger partial charge is 0.251 e. The number of carbonyl (C=O) groups excluding carboxylic acids is 1. The molecule has 2 aromatic carbocycles. The number of rotatable bonds is 6. The van der Waals surface area contributed by atoms with Crippen molar-refractivity contribution in [3.05, 3.63) is 60.2 Å². The fourth-order valence-electron chi connectivity index (χ4n) is 3.98. The third-order valence-electron chi connectivity index (χ3n) is 5.82. The average molecular weight is 403 g/mol. The van der Waals surface area contributed by atoms with Gasteiger partial charge in [-0.15, -0.1) is 0 Å². The highest BCUT2D eigenvalue weighted by molar-refractivity contribution is 5.96. The summed E-state index contributed by atoms with van der Waals surface area (Å²) < 4.78 is 0. The van der Waals surface area contributed by atoms with Crippen LogP contribution in [-0.2, 0) is 0 Å². The van der Waals surface area contributed by atoms with E-state index in [1.807, 2.05) is 24.3 Å². The van der Waals surface area contributed by atoms with Crippen molar-refractivity contribution in [3.63, 3.8) is 0 Å². The molecule has 1 fully saturated rings. The van der Waals surface area contributed by atoms with E-state index in [9.17, 15) is 4.79 Å². The van der Waals surface area contributed by atoms with Crippen LogP contribution in [0.2, 0.25) is 0 Å². The fourth-order valence-corrected chi connectivity index (χ4v) is 3.98. The number of amides is 1. The van der Waals surface area contributed by atoms with Gasteiger partial charge in [0.25, 0.3) is 5.91 Å². The number of nitrogens with zero attached hydrogens (tertiary/aromatic N) is 3. The Morgan fingerprint density at radius 3 is 2.43 bits per heavy atom. The number of hydrogen-bond acceptors (Lipinski definition) is 4. The molecule has 2 heterocycles. The van der Waals surface area contributed by atoms with Gasteiger partial charge in [-0.3, -0.25) is 4.79 Å². The molecule has 1 aromatic heterocycles. The Morgan fingerprint density at radius 2 is 1.73 bits per heavy atom. The van der Waals surface area contributed by atoms with Crippen molar-refractivity contribution in [2.45, 2.75) is 20.3 Å². The number of aromatic nitrogens is 1. The molecule has 0 aliphatic carbocycles. The molecule has 0 radical (unpaired) electrons. The molecule has 1 aliphatic rings. The zero-order valence-electron chi connectivity index (χ0n) is 17.9. The first kappa shape index (κ1) is 20.4. The molecule has 0 saturated carbocycles. The Hall–Kier alpha value is -2.92. The SMILES string of the molecule is CCCNC(=O)c1ccc(-c2cc3ccccc3c(N3CCN(CC)CC3)n2)cc1. The number of likely N-dealkylation sites (N-methyl/N-ethyl adjacent to an activating group) is 1. The topological polar surface area (TPSA) is 48.5 Å². The van der Waals surface area contributed by atoms with Crippen LogP contribution in [0.5, 0.6) is 0 Å². The zero-order chi connectivity index (χ0) is 20.9. The highest BCUT2D eigenvalue weighted by Gasteiger charge is 2.19. The van der Waals surface area contributed by atoms with Gasteiger partial charge in [0, 0.05) is 49.2 Å². The Kier molecular flexibility index (Phi) is 6.29. The van der Waals surface area contributed by atoms with Crippen molar-refractivity contribution in [3.8, 4) is 11.3 Å². The molecule has 30 heavy (non-hydrogen) atoms. The van der Waals surface area contributed by atoms with Gasteiger partial charge in [-0.25, -0.2) is 4.98 Å². The lowest BCUT2D eigenvalue weighted by Gasteiger charge is -2.35. The van der Waals surface area contributed by atoms with Crippen LogP contribution in [0, 0.1) is 0 Å². The van der Waals surface area contributed by atoms with Crippen LogP contribution >= 0.6 is 0 Å². The monoisotopic (exact) mass is 402 g/mol. The van der Waals surface area contributed by atoms with Crippen LogP contribution in [0.25, 0.3) is 22.0 Å². The highest BCUT2D eigenvalue weighted by atomic mass is 16.1. The maximum atomic E-state index is 12.2. The van der Waals surface area contributed by atoms with Crippen molar-refractivity contribution in [2.24, 2.45) is 0 Å². The summed E-state index contributed by atoms with van der Waals surface area (Å²) in [7, 11) is 0. The molecule has 5 heteroatoms. The second kappa shape index (κ2) is 9.26. The van der Waals surface area contributed by atoms with E-state index in [0.29, 0.717) is 12.1 Å². The molecule has 0 spiro atoms. The molecular weight excluding hydrogens is 372 g/mol. The van der Waals surface area contributed by atoms with Crippen LogP contribution in [0.1, 0.15) is 30.6 Å². The number of carbonyl (C=O) groups is 1. The van der Waals surface area contributed by atoms with Gasteiger partial charge in [-0.05, 0) is 36.6 Å². The lowest BCUT2D eigenvalue weighted by Crippen LogP contribution is -2.46. The summed E-state index contributed by atoms with van der Waals surface area (Å²) >= 11 is 0. The molecule has 0 bridgehead atoms. The summed E-state index contributed by atoms with van der Waals surface area (Å²) in [6.45, 7) is 10.2. The Labute approximate surface area is 178 Å². The minimum absolute atomic E-state index is 0.0237. The van der Waals surface area contributed by atoms with Crippen molar-refractivity contribution in [2.75, 3.05) is 44.2 Å². The van der Waals surface area contributed by atoms with Crippen LogP contribution in [0.15, 0.2) is 54.6 Å². The molecule has 0 unspecified atom stereocenters. The van der Waals surface area contributed by atoms with E-state index < -0.39 is 0 Å². The molecule has 156 valence electrons. The number of piperazine rings is 1. The number of nitrogens with one attached hydrogen (secondary N) is 1. The molecule has 1 amide bonds. The molecule has 4 rings (SSSR count). The average Bonchev–Trinajstić information content (AvgIpc) is 2.82. The van der Waals surface area contributed by atoms with Crippen LogP contribution in [0.3, 0.4) is 0 Å². The van der Waals surface area contributed by atoms with Gasteiger partial charge in [0.2, 0.25) is 0 Å². The third-order valence-corrected chi connectivity index (χ3v) is 5.82. The predicted octanol–water partition coefficient (Wildman–Crippen LogP) is 4.18. The molecular formula is C25H30N4O. The first-order valence-electron chi connectivity index (χ1n) is 10.9. The Bertz CT molecular complexity index is 1010. The first-order chi connectivity index (χ1) is 14.7. The molecule has 1 N–H and O–H groups in total. The van der Waals surface area contributed by atoms with Crippen LogP contribution in [0.4, 0.5) is 5.82 Å². The predicted molar refractivity (Wildman–Crippen MR) is 124 cm³/mol. The molecule has 1 saturated heterocycles. The highest BCUT2D eigenvalue weighted by Crippen LogP contribution is 2.30. The van der Waals surface area contributed by atoms with E-state index in [1.54, 1.807) is 0 Å². The number of hydrogen-bond donors (Lipinski definition) is 1. The summed E-state index contributed by atoms with van der Waals surface area (Å²) in [6, 6.07) is 18.4. The number of anilines is 1. The lowest BCUT2D eigenvalue weighted by molar-refractivity contribution is 0.0953. The maximum absolute atomic E-state index is 12.2. The minimum atomic E-state index is -0.0237. The van der Waals surface area contributed by atoms with E-state index in [0.717, 1.165) is 56.2 Å². The van der Waals surface area contributed by atoms with Gasteiger partial charge in [-0.2, -0.15) is 0 Å². The van der Waals surface area contributed by atoms with Crippen LogP contribution < -0.4 is 10.2 Å². The number of fused-ring (bicyclic) bond motifs is 1. The molecule has 0 atom stereocenters. The van der Waals surface area contributed by atoms with E-state index in [2.05, 4.69) is 59.3 Å². The normalized spacial score (nSPS) is 14.8. The standard InChI is InChI=1S/C25H30N4O/c1-3-13-26-25(30)20-11-9-19(10-12-20)23-18-21-7-5-6-8-22(21)24(27-23)29-16-14-28(4-2)15-17-29/h5-12,18H,3-4,13-17H2,1-2H3,(H,26,30). The van der Waals surface area contributed by atoms with Crippen LogP contribution in [-0.4, -0.2) is 55.1 Å². The van der Waals surface area contributed by atoms with Gasteiger partial charge >= 0.3 is 0 Å². The molecule has 5 nitrogen and oxygen atoms in total. The zero-order valence-corrected chi connectivity index (χ0v) is 17.9. The minimum Gasteiger partial charge on any atom is -0.354 e. The largest absolute Gasteiger partial charge is 0.354 e. The molecule has 3 aromatic rings. The van der Waals surface area contributed by atoms with E-state index in [4.69, 9.17) is 4.98 Å². The number of benzene rings is 2. The quantitative estimate of drug-likeness (QED) is 0.672. The Balaban J connectivity index is 1.66. The van der Waals surface area contributed by atoms with Gasteiger partial charge < -0.3 is 15.1 Å². The maximum Gasteiger partial charge on any atom is 0.251 e. The van der Waals surface area contributed by atoms with Gasteiger partial charge in [0.1, 0.15) is 5.82 Å². The van der Waals surface area contributed by atoms with E-state index in [-0.39, 0.29) is 5.91 Å². The van der Waals surface area contributed by atoms with Gasteiger partial charge in [0.15, 0.2) is 0 Å². The lowest BCUT2D eigenvalue weighted by atomic mass is 10.0. The fraction of sp³-hybridized carbons (Fsp3) is 0.360. The summed E-state index contributed by atoms with van der Waals surface area (Å²) in [5.41, 5.74) is 2.66. The summed E-state index contributed by atoms with van der Waals surface area (Å²) in [6.07, 6.45) is 0.931. The van der Waals surface area contributed by atoms with Crippen molar-refractivity contribution < 1.29 is 4.79 Å². The second-order valence-corrected chi connectivity index (χ2v) is 7.81. The third kappa shape index (κ3) is 4.31. The Morgan fingerprint density at radius 1 is 1.00 bits per heavy atom. The second-order valence-electron chi connectivity index (χ2n) is 7.81. The number of pyridine rings is 1. The van der Waals surface area contributed by atoms with Crippen molar-refractivity contribution in [1.82, 2.24) is 15.2 Å². The van der Waals surface area contributed by atoms with Gasteiger partial charge in [-0.1, -0.05) is 50.2 Å². The van der Waals surface area contributed by atoms with Crippen molar-refractivity contribution >= 4 is 22.5 Å². The van der Waals surface area contributed by atoms with Gasteiger partial charge in [0.05, 0.1) is 5.69 Å². The first-order valence-corrected chi connectivity index (χ1v) is 10.9. The summed E-state index contributed by atoms with van der Waals surface area (Å²) in [4.78, 5) is 22.2. The molecule has 1 aliphatic heterocycles. The van der Waals surface area contributed by atoms with Crippen molar-refractivity contribution in [1.29, 1.82) is 0 Å². The van der Waals surface area contributed by atoms with E-state index >= 15 is 0 Å².